The van der Waals surface area contributed by atoms with Crippen molar-refractivity contribution in [1.29, 1.82) is 5.26 Å². The molecule has 5 rings (SSSR count). The van der Waals surface area contributed by atoms with Gasteiger partial charge in [0.15, 0.2) is 5.78 Å². The van der Waals surface area contributed by atoms with E-state index in [0.717, 1.165) is 33.2 Å². The third-order valence-corrected chi connectivity index (χ3v) is 5.27. The van der Waals surface area contributed by atoms with Gasteiger partial charge < -0.3 is 0 Å². The Hall–Kier alpha value is -4.57. The fourth-order valence-electron chi connectivity index (χ4n) is 3.72. The Morgan fingerprint density at radius 1 is 1.03 bits per heavy atom. The SMILES string of the molecule is N#Cc1cccc(Cn2cc(CC(=O)c3n[nH]c4cc(-c5cccnc5)ccc34)cn2)c1. The number of H-pyrrole nitrogens is 1. The summed E-state index contributed by atoms with van der Waals surface area (Å²) in [5, 5.41) is 21.4. The zero-order valence-electron chi connectivity index (χ0n) is 17.1. The number of nitrogens with one attached hydrogen (secondary N) is 1. The minimum atomic E-state index is -0.0728. The molecule has 1 N–H and O–H groups in total. The lowest BCUT2D eigenvalue weighted by Crippen LogP contribution is -2.04. The van der Waals surface area contributed by atoms with Crippen LogP contribution in [0.25, 0.3) is 22.0 Å². The average Bonchev–Trinajstić information content (AvgIpc) is 3.46. The third-order valence-electron chi connectivity index (χ3n) is 5.27. The maximum absolute atomic E-state index is 12.9. The molecule has 7 nitrogen and oxygen atoms in total. The van der Waals surface area contributed by atoms with Crippen molar-refractivity contribution in [3.8, 4) is 17.2 Å². The van der Waals surface area contributed by atoms with Crippen molar-refractivity contribution in [1.82, 2.24) is 25.0 Å². The first-order valence-corrected chi connectivity index (χ1v) is 10.1. The zero-order valence-corrected chi connectivity index (χ0v) is 17.1. The second-order valence-corrected chi connectivity index (χ2v) is 7.53. The molecule has 0 saturated carbocycles. The first kappa shape index (κ1) is 19.4. The molecule has 3 heterocycles. The van der Waals surface area contributed by atoms with E-state index in [9.17, 15) is 4.79 Å². The fraction of sp³-hybridized carbons (Fsp3) is 0.0800. The Morgan fingerprint density at radius 2 is 1.97 bits per heavy atom. The van der Waals surface area contributed by atoms with Crippen LogP contribution in [0.5, 0.6) is 0 Å². The van der Waals surface area contributed by atoms with Gasteiger partial charge in [0, 0.05) is 36.0 Å². The van der Waals surface area contributed by atoms with Crippen LogP contribution in [0.15, 0.2) is 79.4 Å². The number of aromatic amines is 1. The topological polar surface area (TPSA) is 100 Å². The summed E-state index contributed by atoms with van der Waals surface area (Å²) in [6.45, 7) is 0.534. The Balaban J connectivity index is 1.32. The molecule has 0 amide bonds. The number of ketones is 1. The van der Waals surface area contributed by atoms with Crippen LogP contribution in [0.3, 0.4) is 0 Å². The van der Waals surface area contributed by atoms with Crippen molar-refractivity contribution >= 4 is 16.7 Å². The lowest BCUT2D eigenvalue weighted by Gasteiger charge is -2.02. The van der Waals surface area contributed by atoms with Crippen molar-refractivity contribution in [2.24, 2.45) is 0 Å². The van der Waals surface area contributed by atoms with E-state index in [4.69, 9.17) is 5.26 Å². The highest BCUT2D eigenvalue weighted by Crippen LogP contribution is 2.25. The summed E-state index contributed by atoms with van der Waals surface area (Å²) in [5.41, 5.74) is 5.65. The second kappa shape index (κ2) is 8.28. The Bertz CT molecular complexity index is 1460. The number of benzene rings is 2. The van der Waals surface area contributed by atoms with Gasteiger partial charge in [0.05, 0.1) is 29.9 Å². The largest absolute Gasteiger partial charge is 0.292 e. The Labute approximate surface area is 184 Å². The zero-order chi connectivity index (χ0) is 21.9. The number of aromatic nitrogens is 5. The van der Waals surface area contributed by atoms with Crippen LogP contribution in [-0.4, -0.2) is 30.7 Å². The number of hydrogen-bond donors (Lipinski definition) is 1. The van der Waals surface area contributed by atoms with Gasteiger partial charge in [-0.25, -0.2) is 0 Å². The molecule has 154 valence electrons. The van der Waals surface area contributed by atoms with Gasteiger partial charge >= 0.3 is 0 Å². The maximum atomic E-state index is 12.9. The van der Waals surface area contributed by atoms with Crippen molar-refractivity contribution in [2.75, 3.05) is 0 Å². The van der Waals surface area contributed by atoms with Gasteiger partial charge in [-0.1, -0.05) is 24.3 Å². The molecule has 0 spiro atoms. The molecule has 5 aromatic rings. The number of nitriles is 1. The Morgan fingerprint density at radius 3 is 2.81 bits per heavy atom. The first-order chi connectivity index (χ1) is 15.7. The number of hydrogen-bond acceptors (Lipinski definition) is 5. The molecule has 7 heteroatoms. The smallest absolute Gasteiger partial charge is 0.188 e. The summed E-state index contributed by atoms with van der Waals surface area (Å²) >= 11 is 0. The molecule has 0 atom stereocenters. The van der Waals surface area contributed by atoms with Gasteiger partial charge in [-0.15, -0.1) is 0 Å². The van der Waals surface area contributed by atoms with Crippen LogP contribution in [0.1, 0.15) is 27.2 Å². The minimum absolute atomic E-state index is 0.0728. The maximum Gasteiger partial charge on any atom is 0.188 e. The van der Waals surface area contributed by atoms with E-state index in [-0.39, 0.29) is 12.2 Å². The van der Waals surface area contributed by atoms with Gasteiger partial charge in [0.1, 0.15) is 5.69 Å². The summed E-state index contributed by atoms with van der Waals surface area (Å²) in [7, 11) is 0. The highest BCUT2D eigenvalue weighted by Gasteiger charge is 2.16. The molecule has 0 fully saturated rings. The molecule has 0 aliphatic rings. The molecule has 2 aromatic carbocycles. The molecule has 0 saturated heterocycles. The number of rotatable bonds is 6. The molecule has 0 aliphatic heterocycles. The van der Waals surface area contributed by atoms with E-state index >= 15 is 0 Å². The van der Waals surface area contributed by atoms with Gasteiger partial charge in [0.25, 0.3) is 0 Å². The van der Waals surface area contributed by atoms with E-state index in [1.54, 1.807) is 29.3 Å². The summed E-state index contributed by atoms with van der Waals surface area (Å²) in [6, 6.07) is 19.3. The molecular formula is C25H18N6O. The molecular weight excluding hydrogens is 400 g/mol. The monoisotopic (exact) mass is 418 g/mol. The molecule has 0 radical (unpaired) electrons. The van der Waals surface area contributed by atoms with E-state index in [1.165, 1.54) is 0 Å². The third kappa shape index (κ3) is 3.89. The lowest BCUT2D eigenvalue weighted by molar-refractivity contribution is 0.0989. The van der Waals surface area contributed by atoms with Gasteiger partial charge in [-0.2, -0.15) is 15.5 Å². The van der Waals surface area contributed by atoms with Gasteiger partial charge in [-0.05, 0) is 47.0 Å². The lowest BCUT2D eigenvalue weighted by atomic mass is 10.0. The number of carbonyl (C=O) groups is 1. The van der Waals surface area contributed by atoms with Crippen molar-refractivity contribution in [3.63, 3.8) is 0 Å². The molecule has 0 aliphatic carbocycles. The normalized spacial score (nSPS) is 10.8. The van der Waals surface area contributed by atoms with E-state index in [0.29, 0.717) is 17.8 Å². The Kier molecular flexibility index (Phi) is 5.02. The highest BCUT2D eigenvalue weighted by molar-refractivity contribution is 6.07. The summed E-state index contributed by atoms with van der Waals surface area (Å²) in [6.07, 6.45) is 7.30. The van der Waals surface area contributed by atoms with Crippen molar-refractivity contribution in [3.05, 3.63) is 102 Å². The van der Waals surface area contributed by atoms with Crippen LogP contribution < -0.4 is 0 Å². The van der Waals surface area contributed by atoms with Gasteiger partial charge in [0.2, 0.25) is 0 Å². The standard InChI is InChI=1S/C25H18N6O/c26-12-17-3-1-4-18(9-17)15-31-16-19(13-28-31)10-24(32)25-22-7-6-20(11-23(22)29-30-25)21-5-2-8-27-14-21/h1-9,11,13-14,16H,10,15H2,(H,29,30). The molecule has 32 heavy (non-hydrogen) atoms. The first-order valence-electron chi connectivity index (χ1n) is 10.1. The number of pyridine rings is 1. The van der Waals surface area contributed by atoms with E-state index in [1.807, 2.05) is 54.7 Å². The number of fused-ring (bicyclic) bond motifs is 1. The van der Waals surface area contributed by atoms with E-state index in [2.05, 4.69) is 26.3 Å². The molecule has 0 unspecified atom stereocenters. The molecule has 3 aromatic heterocycles. The predicted molar refractivity (Wildman–Crippen MR) is 120 cm³/mol. The van der Waals surface area contributed by atoms with Gasteiger partial charge in [-0.3, -0.25) is 19.6 Å². The average molecular weight is 418 g/mol. The van der Waals surface area contributed by atoms with E-state index < -0.39 is 0 Å². The number of nitrogens with zero attached hydrogens (tertiary/aromatic N) is 5. The van der Waals surface area contributed by atoms with Crippen LogP contribution in [0.4, 0.5) is 0 Å². The summed E-state index contributed by atoms with van der Waals surface area (Å²) < 4.78 is 1.77. The quantitative estimate of drug-likeness (QED) is 0.417. The predicted octanol–water partition coefficient (Wildman–Crippen LogP) is 4.17. The highest BCUT2D eigenvalue weighted by atomic mass is 16.1. The number of carbonyl (C=O) groups excluding carboxylic acids is 1. The summed E-state index contributed by atoms with van der Waals surface area (Å²) in [5.74, 6) is -0.0728. The van der Waals surface area contributed by atoms with Crippen LogP contribution >= 0.6 is 0 Å². The minimum Gasteiger partial charge on any atom is -0.292 e. The second-order valence-electron chi connectivity index (χ2n) is 7.53. The van der Waals surface area contributed by atoms with Crippen LogP contribution in [0, 0.1) is 11.3 Å². The van der Waals surface area contributed by atoms with Crippen LogP contribution in [-0.2, 0) is 13.0 Å². The van der Waals surface area contributed by atoms with Crippen LogP contribution in [0.2, 0.25) is 0 Å². The fourth-order valence-corrected chi connectivity index (χ4v) is 3.72. The van der Waals surface area contributed by atoms with Crippen molar-refractivity contribution in [2.45, 2.75) is 13.0 Å². The summed E-state index contributed by atoms with van der Waals surface area (Å²) in [4.78, 5) is 17.1. The van der Waals surface area contributed by atoms with Crippen molar-refractivity contribution < 1.29 is 4.79 Å². The number of Topliss-reactive ketones (excluding diaryl/α,β-unsaturated/α-hetero) is 1. The molecule has 0 bridgehead atoms.